The molecular weight excluding hydrogens is 889 g/mol. The van der Waals surface area contributed by atoms with Crippen molar-refractivity contribution in [3.63, 3.8) is 0 Å². The first-order chi connectivity index (χ1) is 32.7. The van der Waals surface area contributed by atoms with Crippen LogP contribution in [0.1, 0.15) is 162 Å². The van der Waals surface area contributed by atoms with Crippen LogP contribution >= 0.6 is 0 Å². The van der Waals surface area contributed by atoms with Crippen LogP contribution in [-0.4, -0.2) is 111 Å². The number of hydrogen-bond donors (Lipinski definition) is 9. The number of esters is 1. The molecule has 1 aromatic rings. The lowest BCUT2D eigenvalue weighted by Gasteiger charge is -2.38. The summed E-state index contributed by atoms with van der Waals surface area (Å²) >= 11 is 0. The maximum Gasteiger partial charge on any atom is 0.309 e. The van der Waals surface area contributed by atoms with Gasteiger partial charge in [-0.2, -0.15) is 0 Å². The molecule has 11 atom stereocenters. The van der Waals surface area contributed by atoms with E-state index in [9.17, 15) is 53.7 Å². The zero-order valence-corrected chi connectivity index (χ0v) is 41.4. The number of aliphatic hydroxyl groups excluding tert-OH is 2. The first-order valence-electron chi connectivity index (χ1n) is 25.2. The van der Waals surface area contributed by atoms with Gasteiger partial charge in [-0.05, 0) is 76.0 Å². The van der Waals surface area contributed by atoms with Gasteiger partial charge in [0.2, 0.25) is 29.5 Å². The number of carbonyl (C=O) groups is 8. The Hall–Kier alpha value is -5.23. The monoisotopic (exact) mass is 969 g/mol. The molecule has 0 radical (unpaired) electrons. The van der Waals surface area contributed by atoms with Crippen molar-refractivity contribution < 1.29 is 58.4 Å². The van der Waals surface area contributed by atoms with Gasteiger partial charge in [0, 0.05) is 30.4 Å². The van der Waals surface area contributed by atoms with Gasteiger partial charge in [0.1, 0.15) is 23.9 Å². The Morgan fingerprint density at radius 1 is 0.826 bits per heavy atom. The molecule has 0 aromatic heterocycles. The van der Waals surface area contributed by atoms with E-state index in [1.54, 1.807) is 26.0 Å². The second-order valence-corrected chi connectivity index (χ2v) is 19.5. The predicted molar refractivity (Wildman–Crippen MR) is 258 cm³/mol. The van der Waals surface area contributed by atoms with Crippen molar-refractivity contribution in [2.45, 2.75) is 206 Å². The van der Waals surface area contributed by atoms with Gasteiger partial charge in [-0.15, -0.1) is 0 Å². The summed E-state index contributed by atoms with van der Waals surface area (Å²) in [4.78, 5) is 111. The standard InChI is InChI=1S/C51H80N6O12/c1-6-30(2)44-40(61)27-35(26-34-20-22-36(59)23-21-34)48(65)57-45(33(5)58)49(66)54-39(24-25-42(53)62)47(64)38-29-41(69-51(68)32(38)4)46(50(67)56-44)55-43(63)28-37(60)19-17-15-13-11-9-7-8-10-12-14-16-18-31(3)52/h20-23,30,32-33,35,37-39,41,44-46,52,58-60H,6-19,24-29H2,1-5H3,(H2,53,62)(H,54,66)(H,55,63)(H,56,67)(H,57,65). The maximum atomic E-state index is 14.6. The highest BCUT2D eigenvalue weighted by Gasteiger charge is 2.48. The van der Waals surface area contributed by atoms with E-state index >= 15 is 0 Å². The van der Waals surface area contributed by atoms with Crippen LogP contribution in [-0.2, 0) is 49.5 Å². The van der Waals surface area contributed by atoms with Crippen molar-refractivity contribution >= 4 is 52.8 Å². The fourth-order valence-corrected chi connectivity index (χ4v) is 9.06. The van der Waals surface area contributed by atoms with Crippen molar-refractivity contribution in [3.05, 3.63) is 29.8 Å². The smallest absolute Gasteiger partial charge is 0.309 e. The summed E-state index contributed by atoms with van der Waals surface area (Å²) < 4.78 is 5.76. The lowest BCUT2D eigenvalue weighted by Crippen LogP contribution is -2.61. The molecule has 2 saturated heterocycles. The molecular formula is C51H80N6O12. The number of primary amides is 1. The lowest BCUT2D eigenvalue weighted by atomic mass is 9.78. The van der Waals surface area contributed by atoms with Crippen LogP contribution < -0.4 is 27.0 Å². The number of fused-ring (bicyclic) bond motifs is 2. The fourth-order valence-electron chi connectivity index (χ4n) is 9.06. The van der Waals surface area contributed by atoms with Gasteiger partial charge in [-0.25, -0.2) is 0 Å². The van der Waals surface area contributed by atoms with E-state index in [1.165, 1.54) is 45.2 Å². The van der Waals surface area contributed by atoms with Gasteiger partial charge in [-0.3, -0.25) is 38.4 Å². The molecule has 2 bridgehead atoms. The van der Waals surface area contributed by atoms with Crippen molar-refractivity contribution in [1.29, 1.82) is 5.41 Å². The lowest BCUT2D eigenvalue weighted by molar-refractivity contribution is -0.171. The third-order valence-corrected chi connectivity index (χ3v) is 13.6. The number of ketones is 2. The number of hydrogen-bond acceptors (Lipinski definition) is 13. The molecule has 18 nitrogen and oxygen atoms in total. The minimum atomic E-state index is -1.66. The molecule has 2 aliphatic rings. The largest absolute Gasteiger partial charge is 0.508 e. The second-order valence-electron chi connectivity index (χ2n) is 19.5. The molecule has 10 N–H and O–H groups in total. The molecule has 69 heavy (non-hydrogen) atoms. The van der Waals surface area contributed by atoms with Crippen molar-refractivity contribution in [2.75, 3.05) is 0 Å². The highest BCUT2D eigenvalue weighted by atomic mass is 16.5. The van der Waals surface area contributed by atoms with Gasteiger partial charge in [0.25, 0.3) is 0 Å². The van der Waals surface area contributed by atoms with Crippen LogP contribution in [0.15, 0.2) is 24.3 Å². The van der Waals surface area contributed by atoms with Crippen LogP contribution in [0.5, 0.6) is 5.75 Å². The van der Waals surface area contributed by atoms with E-state index in [-0.39, 0.29) is 31.4 Å². The third kappa shape index (κ3) is 20.0. The zero-order chi connectivity index (χ0) is 51.2. The number of phenols is 1. The fraction of sp³-hybridized carbons (Fsp3) is 0.706. The Morgan fingerprint density at radius 3 is 1.97 bits per heavy atom. The van der Waals surface area contributed by atoms with Gasteiger partial charge in [0.05, 0.1) is 36.6 Å². The van der Waals surface area contributed by atoms with Gasteiger partial charge < -0.3 is 52.5 Å². The molecule has 11 unspecified atom stereocenters. The van der Waals surface area contributed by atoms with Crippen LogP contribution in [0.2, 0.25) is 0 Å². The predicted octanol–water partition coefficient (Wildman–Crippen LogP) is 4.15. The van der Waals surface area contributed by atoms with Crippen molar-refractivity contribution in [2.24, 2.45) is 29.4 Å². The number of phenolic OH excluding ortho intramolecular Hbond substituents is 1. The minimum absolute atomic E-state index is 0.0411. The molecule has 2 heterocycles. The number of rotatable bonds is 25. The highest BCUT2D eigenvalue weighted by molar-refractivity contribution is 5.99. The van der Waals surface area contributed by atoms with Crippen LogP contribution in [0, 0.1) is 29.1 Å². The molecule has 2 aliphatic heterocycles. The number of carbonyl (C=O) groups excluding carboxylic acids is 8. The zero-order valence-electron chi connectivity index (χ0n) is 41.4. The molecule has 386 valence electrons. The summed E-state index contributed by atoms with van der Waals surface area (Å²) in [6, 6.07) is -0.114. The Bertz CT molecular complexity index is 1890. The summed E-state index contributed by atoms with van der Waals surface area (Å²) in [5.74, 6) is -10.6. The molecule has 18 heteroatoms. The third-order valence-electron chi connectivity index (χ3n) is 13.6. The van der Waals surface area contributed by atoms with Crippen molar-refractivity contribution in [3.8, 4) is 5.75 Å². The first-order valence-corrected chi connectivity index (χ1v) is 25.2. The topological polar surface area (TPSA) is 304 Å². The van der Waals surface area contributed by atoms with E-state index in [2.05, 4.69) is 21.3 Å². The molecule has 0 spiro atoms. The maximum absolute atomic E-state index is 14.6. The number of benzene rings is 1. The van der Waals surface area contributed by atoms with Gasteiger partial charge >= 0.3 is 5.97 Å². The number of Topliss-reactive ketones (excluding diaryl/α,β-unsaturated/α-hetero) is 2. The number of unbranched alkanes of at least 4 members (excludes halogenated alkanes) is 10. The number of nitrogens with one attached hydrogen (secondary N) is 5. The van der Waals surface area contributed by atoms with E-state index in [0.717, 1.165) is 57.1 Å². The van der Waals surface area contributed by atoms with E-state index in [4.69, 9.17) is 15.9 Å². The molecule has 3 rings (SSSR count). The molecule has 5 amide bonds. The summed E-state index contributed by atoms with van der Waals surface area (Å²) in [5.41, 5.74) is 6.72. The number of nitrogens with two attached hydrogens (primary N) is 1. The van der Waals surface area contributed by atoms with E-state index in [1.807, 2.05) is 6.92 Å². The number of aliphatic hydroxyl groups is 2. The molecule has 2 fully saturated rings. The number of amides is 5. The number of ether oxygens (including phenoxy) is 1. The van der Waals surface area contributed by atoms with Crippen LogP contribution in [0.4, 0.5) is 0 Å². The summed E-state index contributed by atoms with van der Waals surface area (Å²) in [6.07, 6.45) is 7.24. The molecule has 1 aromatic carbocycles. The minimum Gasteiger partial charge on any atom is -0.508 e. The van der Waals surface area contributed by atoms with Crippen LogP contribution in [0.3, 0.4) is 0 Å². The van der Waals surface area contributed by atoms with Gasteiger partial charge in [0.15, 0.2) is 11.6 Å². The van der Waals surface area contributed by atoms with Gasteiger partial charge in [-0.1, -0.05) is 104 Å². The first kappa shape index (κ1) is 58.1. The molecule has 0 saturated carbocycles. The second kappa shape index (κ2) is 29.7. The average Bonchev–Trinajstić information content (AvgIpc) is 3.29. The van der Waals surface area contributed by atoms with E-state index < -0.39 is 126 Å². The van der Waals surface area contributed by atoms with Crippen LogP contribution in [0.25, 0.3) is 0 Å². The Labute approximate surface area is 407 Å². The quantitative estimate of drug-likeness (QED) is 0.0379. The normalized spacial score (nSPS) is 25.3. The summed E-state index contributed by atoms with van der Waals surface area (Å²) in [5, 5.41) is 49.6. The Kier molecular flexibility index (Phi) is 25.0. The van der Waals surface area contributed by atoms with E-state index in [0.29, 0.717) is 24.8 Å². The average molecular weight is 969 g/mol. The molecule has 0 aliphatic carbocycles. The Morgan fingerprint density at radius 2 is 1.41 bits per heavy atom. The number of aromatic hydroxyl groups is 1. The highest BCUT2D eigenvalue weighted by Crippen LogP contribution is 2.32. The summed E-state index contributed by atoms with van der Waals surface area (Å²) in [7, 11) is 0. The summed E-state index contributed by atoms with van der Waals surface area (Å²) in [6.45, 7) is 8.02. The Balaban J connectivity index is 1.89. The van der Waals surface area contributed by atoms with Crippen molar-refractivity contribution in [1.82, 2.24) is 21.3 Å². The SMILES string of the molecule is CCC(C)C1NC(=O)C(NC(=O)CC(O)CCCCCCCCCCCCCC(C)=N)C2CC(C(=O)C(CCC(N)=O)NC(=O)C(C(C)O)NC(=O)C(Cc3ccc(O)cc3)CC1=O)C(C)C(=O)O2.